The van der Waals surface area contributed by atoms with Crippen LogP contribution in [0.3, 0.4) is 0 Å². The largest absolute Gasteiger partial charge is 0.259 e. The lowest BCUT2D eigenvalue weighted by Gasteiger charge is -2.13. The summed E-state index contributed by atoms with van der Waals surface area (Å²) < 4.78 is 0. The summed E-state index contributed by atoms with van der Waals surface area (Å²) in [6.07, 6.45) is 5.97. The number of nitro groups is 1. The molecule has 0 radical (unpaired) electrons. The van der Waals surface area contributed by atoms with Gasteiger partial charge in [-0.15, -0.1) is 0 Å². The molecule has 3 heteroatoms. The molecular formula is C9H15NO2. The van der Waals surface area contributed by atoms with Crippen LogP contribution in [0.15, 0.2) is 11.3 Å². The first-order chi connectivity index (χ1) is 5.75. The SMILES string of the molecule is CCC(=C1CCCCC1)[N+](=O)[O-]. The van der Waals surface area contributed by atoms with Crippen molar-refractivity contribution in [2.45, 2.75) is 45.4 Å². The highest BCUT2D eigenvalue weighted by Crippen LogP contribution is 2.26. The van der Waals surface area contributed by atoms with Crippen molar-refractivity contribution >= 4 is 0 Å². The Kier molecular flexibility index (Phi) is 3.26. The van der Waals surface area contributed by atoms with Crippen molar-refractivity contribution in [2.24, 2.45) is 0 Å². The van der Waals surface area contributed by atoms with Crippen LogP contribution in [0.1, 0.15) is 45.4 Å². The third kappa shape index (κ3) is 2.06. The molecule has 1 aliphatic carbocycles. The van der Waals surface area contributed by atoms with Crippen LogP contribution in [0.2, 0.25) is 0 Å². The molecule has 1 fully saturated rings. The molecule has 0 heterocycles. The van der Waals surface area contributed by atoms with E-state index in [1.165, 1.54) is 6.42 Å². The molecule has 0 spiro atoms. The maximum Gasteiger partial charge on any atom is 0.245 e. The Morgan fingerprint density at radius 1 is 1.42 bits per heavy atom. The normalized spacial score (nSPS) is 17.6. The highest BCUT2D eigenvalue weighted by molar-refractivity contribution is 5.09. The summed E-state index contributed by atoms with van der Waals surface area (Å²) in [5.41, 5.74) is 1.56. The number of hydrogen-bond acceptors (Lipinski definition) is 2. The van der Waals surface area contributed by atoms with Crippen LogP contribution < -0.4 is 0 Å². The molecule has 1 aliphatic rings. The third-order valence-electron chi connectivity index (χ3n) is 2.42. The molecular weight excluding hydrogens is 154 g/mol. The number of nitrogens with zero attached hydrogens (tertiary/aromatic N) is 1. The maximum absolute atomic E-state index is 10.6. The molecule has 0 saturated heterocycles. The van der Waals surface area contributed by atoms with Crippen LogP contribution in [-0.4, -0.2) is 4.92 Å². The Labute approximate surface area is 72.6 Å². The van der Waals surface area contributed by atoms with Gasteiger partial charge >= 0.3 is 0 Å². The van der Waals surface area contributed by atoms with E-state index in [2.05, 4.69) is 0 Å². The molecule has 0 aromatic heterocycles. The van der Waals surface area contributed by atoms with Crippen molar-refractivity contribution in [3.05, 3.63) is 21.4 Å². The topological polar surface area (TPSA) is 43.1 Å². The Hall–Kier alpha value is -0.860. The molecule has 68 valence electrons. The fraction of sp³-hybridized carbons (Fsp3) is 0.778. The van der Waals surface area contributed by atoms with E-state index < -0.39 is 0 Å². The van der Waals surface area contributed by atoms with Crippen LogP contribution in [0.25, 0.3) is 0 Å². The van der Waals surface area contributed by atoms with E-state index in [4.69, 9.17) is 0 Å². The quantitative estimate of drug-likeness (QED) is 0.471. The molecule has 1 saturated carbocycles. The lowest BCUT2D eigenvalue weighted by molar-refractivity contribution is -0.429. The summed E-state index contributed by atoms with van der Waals surface area (Å²) >= 11 is 0. The molecule has 0 amide bonds. The second-order valence-electron chi connectivity index (χ2n) is 3.22. The summed E-state index contributed by atoms with van der Waals surface area (Å²) in [5.74, 6) is 0. The van der Waals surface area contributed by atoms with Gasteiger partial charge in [-0.1, -0.05) is 13.3 Å². The molecule has 0 N–H and O–H groups in total. The van der Waals surface area contributed by atoms with Crippen molar-refractivity contribution in [3.63, 3.8) is 0 Å². The van der Waals surface area contributed by atoms with Crippen LogP contribution in [-0.2, 0) is 0 Å². The Morgan fingerprint density at radius 3 is 2.42 bits per heavy atom. The molecule has 0 unspecified atom stereocenters. The summed E-state index contributed by atoms with van der Waals surface area (Å²) in [7, 11) is 0. The Bertz CT molecular complexity index is 201. The van der Waals surface area contributed by atoms with Gasteiger partial charge in [-0.05, 0) is 25.7 Å². The van der Waals surface area contributed by atoms with Gasteiger partial charge in [-0.3, -0.25) is 10.1 Å². The average Bonchev–Trinajstić information content (AvgIpc) is 2.07. The zero-order chi connectivity index (χ0) is 8.97. The van der Waals surface area contributed by atoms with Gasteiger partial charge in [0.1, 0.15) is 0 Å². The summed E-state index contributed by atoms with van der Waals surface area (Å²) in [6, 6.07) is 0. The lowest BCUT2D eigenvalue weighted by Crippen LogP contribution is -2.05. The van der Waals surface area contributed by atoms with E-state index in [1.54, 1.807) is 0 Å². The molecule has 0 aliphatic heterocycles. The standard InChI is InChI=1S/C9H15NO2/c1-2-9(10(11)12)8-6-4-3-5-7-8/h2-7H2,1H3. The monoisotopic (exact) mass is 169 g/mol. The van der Waals surface area contributed by atoms with E-state index in [9.17, 15) is 10.1 Å². The first kappa shape index (κ1) is 9.23. The van der Waals surface area contributed by atoms with E-state index in [0.717, 1.165) is 31.3 Å². The highest BCUT2D eigenvalue weighted by atomic mass is 16.6. The number of allylic oxidation sites excluding steroid dienone is 2. The molecule has 0 bridgehead atoms. The van der Waals surface area contributed by atoms with Crippen LogP contribution in [0.5, 0.6) is 0 Å². The van der Waals surface area contributed by atoms with Crippen LogP contribution in [0, 0.1) is 10.1 Å². The first-order valence-corrected chi connectivity index (χ1v) is 4.61. The fourth-order valence-electron chi connectivity index (χ4n) is 1.78. The summed E-state index contributed by atoms with van der Waals surface area (Å²) in [5, 5.41) is 10.6. The van der Waals surface area contributed by atoms with Gasteiger partial charge in [0.2, 0.25) is 5.70 Å². The van der Waals surface area contributed by atoms with Crippen LogP contribution >= 0.6 is 0 Å². The number of rotatable bonds is 2. The molecule has 0 atom stereocenters. The number of hydrogen-bond donors (Lipinski definition) is 0. The van der Waals surface area contributed by atoms with E-state index in [-0.39, 0.29) is 4.92 Å². The van der Waals surface area contributed by atoms with Crippen molar-refractivity contribution in [1.29, 1.82) is 0 Å². The average molecular weight is 169 g/mol. The first-order valence-electron chi connectivity index (χ1n) is 4.61. The lowest BCUT2D eigenvalue weighted by atomic mass is 9.93. The Balaban J connectivity index is 2.75. The van der Waals surface area contributed by atoms with Gasteiger partial charge in [-0.25, -0.2) is 0 Å². The van der Waals surface area contributed by atoms with Gasteiger partial charge in [0.05, 0.1) is 4.92 Å². The highest BCUT2D eigenvalue weighted by Gasteiger charge is 2.17. The summed E-state index contributed by atoms with van der Waals surface area (Å²) in [4.78, 5) is 10.4. The predicted octanol–water partition coefficient (Wildman–Crippen LogP) is 2.89. The fourth-order valence-corrected chi connectivity index (χ4v) is 1.78. The molecule has 0 aromatic rings. The summed E-state index contributed by atoms with van der Waals surface area (Å²) in [6.45, 7) is 1.86. The van der Waals surface area contributed by atoms with E-state index in [0.29, 0.717) is 12.1 Å². The minimum atomic E-state index is -0.208. The zero-order valence-electron chi connectivity index (χ0n) is 7.51. The maximum atomic E-state index is 10.6. The van der Waals surface area contributed by atoms with Gasteiger partial charge in [0.15, 0.2) is 0 Å². The van der Waals surface area contributed by atoms with Gasteiger partial charge < -0.3 is 0 Å². The van der Waals surface area contributed by atoms with Gasteiger partial charge in [0.25, 0.3) is 0 Å². The van der Waals surface area contributed by atoms with Crippen molar-refractivity contribution in [1.82, 2.24) is 0 Å². The van der Waals surface area contributed by atoms with Crippen LogP contribution in [0.4, 0.5) is 0 Å². The predicted molar refractivity (Wildman–Crippen MR) is 47.4 cm³/mol. The molecule has 12 heavy (non-hydrogen) atoms. The minimum Gasteiger partial charge on any atom is -0.259 e. The van der Waals surface area contributed by atoms with Gasteiger partial charge in [-0.2, -0.15) is 0 Å². The molecule has 3 nitrogen and oxygen atoms in total. The van der Waals surface area contributed by atoms with E-state index >= 15 is 0 Å². The van der Waals surface area contributed by atoms with Crippen molar-refractivity contribution in [2.75, 3.05) is 0 Å². The van der Waals surface area contributed by atoms with Crippen molar-refractivity contribution < 1.29 is 4.92 Å². The van der Waals surface area contributed by atoms with Gasteiger partial charge in [0, 0.05) is 12.0 Å². The smallest absolute Gasteiger partial charge is 0.245 e. The second-order valence-corrected chi connectivity index (χ2v) is 3.22. The Morgan fingerprint density at radius 2 is 2.00 bits per heavy atom. The van der Waals surface area contributed by atoms with E-state index in [1.807, 2.05) is 6.92 Å². The third-order valence-corrected chi connectivity index (χ3v) is 2.42. The minimum absolute atomic E-state index is 0.208. The molecule has 0 aromatic carbocycles. The molecule has 1 rings (SSSR count). The van der Waals surface area contributed by atoms with Crippen molar-refractivity contribution in [3.8, 4) is 0 Å². The zero-order valence-corrected chi connectivity index (χ0v) is 7.51. The second kappa shape index (κ2) is 4.24.